The molecular formula is C30H38N4O2. The Morgan fingerprint density at radius 2 is 0.944 bits per heavy atom. The molecule has 190 valence electrons. The fourth-order valence-corrected chi connectivity index (χ4v) is 4.13. The summed E-state index contributed by atoms with van der Waals surface area (Å²) in [5.41, 5.74) is 17.5. The van der Waals surface area contributed by atoms with E-state index in [4.69, 9.17) is 11.5 Å². The maximum atomic E-state index is 12.5. The molecule has 0 aliphatic rings. The average Bonchev–Trinajstić information content (AvgIpc) is 2.83. The van der Waals surface area contributed by atoms with Crippen molar-refractivity contribution >= 4 is 23.2 Å². The van der Waals surface area contributed by atoms with Gasteiger partial charge in [0, 0.05) is 11.4 Å². The van der Waals surface area contributed by atoms with Crippen LogP contribution in [0.4, 0.5) is 11.4 Å². The van der Waals surface area contributed by atoms with Gasteiger partial charge in [-0.05, 0) is 77.3 Å². The van der Waals surface area contributed by atoms with E-state index < -0.39 is 12.1 Å². The molecule has 0 bridgehead atoms. The number of hydrogen-bond donors (Lipinski definition) is 4. The van der Waals surface area contributed by atoms with Crippen molar-refractivity contribution in [2.75, 3.05) is 10.6 Å². The molecule has 0 spiro atoms. The number of nitrogens with one attached hydrogen (secondary N) is 2. The molecule has 36 heavy (non-hydrogen) atoms. The highest BCUT2D eigenvalue weighted by molar-refractivity contribution is 5.96. The van der Waals surface area contributed by atoms with E-state index in [-0.39, 0.29) is 11.8 Å². The molecule has 6 N–H and O–H groups in total. The molecule has 3 aromatic carbocycles. The second-order valence-electron chi connectivity index (χ2n) is 10.2. The van der Waals surface area contributed by atoms with E-state index in [1.165, 1.54) is 0 Å². The lowest BCUT2D eigenvalue weighted by molar-refractivity contribution is -0.118. The smallest absolute Gasteiger partial charge is 0.241 e. The predicted molar refractivity (Wildman–Crippen MR) is 149 cm³/mol. The molecule has 3 rings (SSSR count). The van der Waals surface area contributed by atoms with Crippen LogP contribution in [0.2, 0.25) is 0 Å². The van der Waals surface area contributed by atoms with Crippen molar-refractivity contribution < 1.29 is 9.59 Å². The summed E-state index contributed by atoms with van der Waals surface area (Å²) in [4.78, 5) is 24.9. The molecule has 0 heterocycles. The Hall–Kier alpha value is -3.48. The van der Waals surface area contributed by atoms with Crippen molar-refractivity contribution in [1.82, 2.24) is 0 Å². The van der Waals surface area contributed by atoms with Crippen LogP contribution in [-0.4, -0.2) is 23.9 Å². The Balaban J connectivity index is 1.77. The molecule has 0 saturated heterocycles. The summed E-state index contributed by atoms with van der Waals surface area (Å²) in [6.07, 6.45) is 1.27. The summed E-state index contributed by atoms with van der Waals surface area (Å²) in [7, 11) is 0. The molecule has 3 aromatic rings. The van der Waals surface area contributed by atoms with Crippen LogP contribution in [0.15, 0.2) is 72.8 Å². The zero-order valence-corrected chi connectivity index (χ0v) is 21.6. The quantitative estimate of drug-likeness (QED) is 0.297. The van der Waals surface area contributed by atoms with Gasteiger partial charge in [0.05, 0.1) is 12.1 Å². The molecule has 6 nitrogen and oxygen atoms in total. The Labute approximate surface area is 214 Å². The van der Waals surface area contributed by atoms with Gasteiger partial charge in [0.1, 0.15) is 0 Å². The van der Waals surface area contributed by atoms with Gasteiger partial charge in [0.2, 0.25) is 11.8 Å². The van der Waals surface area contributed by atoms with Gasteiger partial charge in [-0.25, -0.2) is 0 Å². The zero-order chi connectivity index (χ0) is 26.2. The minimum absolute atomic E-state index is 0.179. The zero-order valence-electron chi connectivity index (χ0n) is 21.6. The minimum Gasteiger partial charge on any atom is -0.325 e. The van der Waals surface area contributed by atoms with E-state index in [1.807, 2.05) is 94.4 Å². The van der Waals surface area contributed by atoms with Crippen LogP contribution < -0.4 is 22.1 Å². The molecule has 6 heteroatoms. The molecule has 0 aromatic heterocycles. The third kappa shape index (κ3) is 7.77. The maximum Gasteiger partial charge on any atom is 0.241 e. The summed E-state index contributed by atoms with van der Waals surface area (Å²) in [5, 5.41) is 5.87. The van der Waals surface area contributed by atoms with Crippen LogP contribution in [0.25, 0.3) is 22.3 Å². The van der Waals surface area contributed by atoms with Crippen molar-refractivity contribution in [3.8, 4) is 22.3 Å². The molecule has 0 fully saturated rings. The van der Waals surface area contributed by atoms with Crippen LogP contribution in [0.3, 0.4) is 0 Å². The second kappa shape index (κ2) is 12.5. The predicted octanol–water partition coefficient (Wildman–Crippen LogP) is 5.64. The maximum absolute atomic E-state index is 12.5. The Morgan fingerprint density at radius 1 is 0.611 bits per heavy atom. The van der Waals surface area contributed by atoms with Gasteiger partial charge in [0.15, 0.2) is 0 Å². The number of rotatable bonds is 10. The third-order valence-corrected chi connectivity index (χ3v) is 5.91. The molecule has 0 saturated carbocycles. The van der Waals surface area contributed by atoms with E-state index in [0.29, 0.717) is 36.1 Å². The number of carbonyl (C=O) groups excluding carboxylic acids is 2. The first-order valence-electron chi connectivity index (χ1n) is 12.6. The van der Waals surface area contributed by atoms with Crippen LogP contribution in [0.1, 0.15) is 40.5 Å². The van der Waals surface area contributed by atoms with Crippen LogP contribution in [0.5, 0.6) is 0 Å². The van der Waals surface area contributed by atoms with Gasteiger partial charge >= 0.3 is 0 Å². The van der Waals surface area contributed by atoms with E-state index in [9.17, 15) is 9.59 Å². The van der Waals surface area contributed by atoms with E-state index in [2.05, 4.69) is 16.7 Å². The second-order valence-corrected chi connectivity index (χ2v) is 10.2. The Bertz CT molecular complexity index is 1100. The van der Waals surface area contributed by atoms with Crippen LogP contribution in [-0.2, 0) is 9.59 Å². The number of benzene rings is 3. The number of hydrogen-bond acceptors (Lipinski definition) is 4. The fraction of sp³-hybridized carbons (Fsp3) is 0.333. The summed E-state index contributed by atoms with van der Waals surface area (Å²) in [5.74, 6) is 0.343. The first-order chi connectivity index (χ1) is 17.1. The minimum atomic E-state index is -0.537. The third-order valence-electron chi connectivity index (χ3n) is 5.91. The highest BCUT2D eigenvalue weighted by Gasteiger charge is 2.16. The highest BCUT2D eigenvalue weighted by atomic mass is 16.2. The molecule has 0 aliphatic carbocycles. The van der Waals surface area contributed by atoms with E-state index >= 15 is 0 Å². The fourth-order valence-electron chi connectivity index (χ4n) is 4.13. The van der Waals surface area contributed by atoms with Crippen molar-refractivity contribution in [2.45, 2.75) is 52.6 Å². The summed E-state index contributed by atoms with van der Waals surface area (Å²) in [6.45, 7) is 8.19. The molecular weight excluding hydrogens is 448 g/mol. The van der Waals surface area contributed by atoms with Gasteiger partial charge in [-0.3, -0.25) is 9.59 Å². The molecule has 2 atom stereocenters. The van der Waals surface area contributed by atoms with Crippen molar-refractivity contribution in [1.29, 1.82) is 0 Å². The van der Waals surface area contributed by atoms with Crippen LogP contribution in [0, 0.1) is 11.8 Å². The monoisotopic (exact) mass is 486 g/mol. The average molecular weight is 487 g/mol. The van der Waals surface area contributed by atoms with Gasteiger partial charge in [-0.15, -0.1) is 0 Å². The first-order valence-corrected chi connectivity index (χ1v) is 12.6. The van der Waals surface area contributed by atoms with Gasteiger partial charge in [0.25, 0.3) is 0 Å². The Kier molecular flexibility index (Phi) is 9.39. The van der Waals surface area contributed by atoms with Crippen molar-refractivity contribution in [3.05, 3.63) is 72.8 Å². The lowest BCUT2D eigenvalue weighted by atomic mass is 9.98. The Morgan fingerprint density at radius 3 is 1.31 bits per heavy atom. The number of carbonyl (C=O) groups is 2. The molecule has 0 aliphatic heterocycles. The topological polar surface area (TPSA) is 110 Å². The number of nitrogens with two attached hydrogens (primary N) is 2. The van der Waals surface area contributed by atoms with E-state index in [0.717, 1.165) is 22.3 Å². The van der Waals surface area contributed by atoms with Crippen molar-refractivity contribution in [3.63, 3.8) is 0 Å². The highest BCUT2D eigenvalue weighted by Crippen LogP contribution is 2.29. The van der Waals surface area contributed by atoms with Crippen molar-refractivity contribution in [2.24, 2.45) is 23.3 Å². The summed E-state index contributed by atoms with van der Waals surface area (Å²) < 4.78 is 0. The lowest BCUT2D eigenvalue weighted by Gasteiger charge is -2.15. The van der Waals surface area contributed by atoms with Gasteiger partial charge in [-0.1, -0.05) is 70.2 Å². The normalized spacial score (nSPS) is 12.9. The van der Waals surface area contributed by atoms with E-state index in [1.54, 1.807) is 0 Å². The molecule has 0 radical (unpaired) electrons. The summed E-state index contributed by atoms with van der Waals surface area (Å²) >= 11 is 0. The molecule has 0 unspecified atom stereocenters. The van der Waals surface area contributed by atoms with Gasteiger partial charge in [-0.2, -0.15) is 0 Å². The lowest BCUT2D eigenvalue weighted by Crippen LogP contribution is -2.36. The van der Waals surface area contributed by atoms with Crippen LogP contribution >= 0.6 is 0 Å². The number of anilines is 2. The molecule has 2 amide bonds. The van der Waals surface area contributed by atoms with Gasteiger partial charge < -0.3 is 22.1 Å². The first kappa shape index (κ1) is 27.1. The SMILES string of the molecule is CC(C)C[C@H](N)C(=O)Nc1cccc(-c2cccc(-c3cccc(NC(=O)[C@@H](N)CC(C)C)c3)c2)c1. The standard InChI is InChI=1S/C30H38N4O2/c1-19(2)14-27(31)29(35)33-25-12-6-10-23(17-25)21-8-5-9-22(16-21)24-11-7-13-26(18-24)34-30(36)28(32)15-20(3)4/h5-13,16-20,27-28H,14-15,31-32H2,1-4H3,(H,33,35)(H,34,36)/t27-,28-/m0/s1. The number of amides is 2. The largest absolute Gasteiger partial charge is 0.325 e. The summed E-state index contributed by atoms with van der Waals surface area (Å²) in [6, 6.07) is 22.6.